The van der Waals surface area contributed by atoms with E-state index >= 15 is 0 Å². The van der Waals surface area contributed by atoms with Gasteiger partial charge in [-0.1, -0.05) is 20.8 Å². The van der Waals surface area contributed by atoms with E-state index in [0.29, 0.717) is 13.0 Å². The number of halogens is 1. The van der Waals surface area contributed by atoms with Gasteiger partial charge in [0.2, 0.25) is 11.8 Å². The third kappa shape index (κ3) is 4.59. The van der Waals surface area contributed by atoms with Gasteiger partial charge in [-0.05, 0) is 43.7 Å². The summed E-state index contributed by atoms with van der Waals surface area (Å²) in [6.45, 7) is 9.73. The molecule has 2 N–H and O–H groups in total. The molecule has 22 heavy (non-hydrogen) atoms. The molecule has 2 aliphatic rings. The largest absolute Gasteiger partial charge is 0.354 e. The lowest BCUT2D eigenvalue weighted by Crippen LogP contribution is -2.52. The zero-order chi connectivity index (χ0) is 15.5. The average molecular weight is 332 g/mol. The molecule has 0 aromatic rings. The normalized spacial score (nSPS) is 22.4. The van der Waals surface area contributed by atoms with Gasteiger partial charge in [-0.25, -0.2) is 0 Å². The second-order valence-electron chi connectivity index (χ2n) is 7.16. The van der Waals surface area contributed by atoms with Crippen LogP contribution in [-0.4, -0.2) is 48.9 Å². The minimum Gasteiger partial charge on any atom is -0.354 e. The van der Waals surface area contributed by atoms with Crippen LogP contribution in [0.4, 0.5) is 0 Å². The van der Waals surface area contributed by atoms with Crippen molar-refractivity contribution in [1.82, 2.24) is 15.5 Å². The van der Waals surface area contributed by atoms with Crippen LogP contribution in [0.1, 0.15) is 46.5 Å². The number of carbonyl (C=O) groups is 2. The predicted molar refractivity (Wildman–Crippen MR) is 90.0 cm³/mol. The Balaban J connectivity index is 0.00000242. The van der Waals surface area contributed by atoms with Gasteiger partial charge >= 0.3 is 0 Å². The van der Waals surface area contributed by atoms with E-state index in [1.54, 1.807) is 4.90 Å². The fraction of sp³-hybridized carbons (Fsp3) is 0.875. The average Bonchev–Trinajstić information content (AvgIpc) is 2.84. The Morgan fingerprint density at radius 3 is 2.50 bits per heavy atom. The van der Waals surface area contributed by atoms with Crippen molar-refractivity contribution in [2.75, 3.05) is 26.2 Å². The Morgan fingerprint density at radius 2 is 2.00 bits per heavy atom. The number of rotatable bonds is 5. The minimum absolute atomic E-state index is 0. The first kappa shape index (κ1) is 19.2. The molecule has 0 aromatic heterocycles. The van der Waals surface area contributed by atoms with Crippen molar-refractivity contribution in [2.24, 2.45) is 11.3 Å². The minimum atomic E-state index is -0.315. The highest BCUT2D eigenvalue weighted by atomic mass is 35.5. The van der Waals surface area contributed by atoms with Gasteiger partial charge in [0.1, 0.15) is 6.04 Å². The van der Waals surface area contributed by atoms with Crippen LogP contribution in [0.3, 0.4) is 0 Å². The van der Waals surface area contributed by atoms with Crippen molar-refractivity contribution in [2.45, 2.75) is 52.5 Å². The maximum absolute atomic E-state index is 12.6. The third-order valence-corrected chi connectivity index (χ3v) is 4.85. The molecule has 2 amide bonds. The van der Waals surface area contributed by atoms with E-state index < -0.39 is 0 Å². The first-order valence-electron chi connectivity index (χ1n) is 8.21. The molecule has 0 aromatic carbocycles. The van der Waals surface area contributed by atoms with Crippen LogP contribution in [0, 0.1) is 11.3 Å². The van der Waals surface area contributed by atoms with E-state index in [0.717, 1.165) is 38.9 Å². The fourth-order valence-electron chi connectivity index (χ4n) is 3.38. The number of hydrogen-bond acceptors (Lipinski definition) is 3. The molecule has 0 aliphatic carbocycles. The van der Waals surface area contributed by atoms with Gasteiger partial charge in [0.05, 0.1) is 0 Å². The van der Waals surface area contributed by atoms with Crippen LogP contribution >= 0.6 is 12.4 Å². The molecule has 2 heterocycles. The number of likely N-dealkylation sites (tertiary alicyclic amines) is 1. The molecule has 128 valence electrons. The summed E-state index contributed by atoms with van der Waals surface area (Å²) < 4.78 is 0. The van der Waals surface area contributed by atoms with E-state index in [2.05, 4.69) is 17.6 Å². The Kier molecular flexibility index (Phi) is 7.13. The van der Waals surface area contributed by atoms with Crippen molar-refractivity contribution in [1.29, 1.82) is 0 Å². The van der Waals surface area contributed by atoms with Crippen molar-refractivity contribution >= 4 is 24.2 Å². The molecule has 2 saturated heterocycles. The SMILES string of the molecule is CC(C)C(C(=O)NCC1(C)CCNCC1)N1CCCC1=O.Cl. The maximum Gasteiger partial charge on any atom is 0.243 e. The van der Waals surface area contributed by atoms with Crippen molar-refractivity contribution in [3.8, 4) is 0 Å². The van der Waals surface area contributed by atoms with Crippen LogP contribution in [0.25, 0.3) is 0 Å². The molecule has 0 bridgehead atoms. The molecule has 0 radical (unpaired) electrons. The Morgan fingerprint density at radius 1 is 1.36 bits per heavy atom. The standard InChI is InChI=1S/C16H29N3O2.ClH/c1-12(2)14(19-10-4-5-13(19)20)15(21)18-11-16(3)6-8-17-9-7-16;/h12,14,17H,4-11H2,1-3H3,(H,18,21);1H. The summed E-state index contributed by atoms with van der Waals surface area (Å²) in [4.78, 5) is 26.3. The van der Waals surface area contributed by atoms with E-state index in [4.69, 9.17) is 0 Å². The van der Waals surface area contributed by atoms with Gasteiger partial charge in [0, 0.05) is 19.5 Å². The first-order chi connectivity index (χ1) is 9.93. The van der Waals surface area contributed by atoms with Gasteiger partial charge in [0.25, 0.3) is 0 Å². The molecule has 1 unspecified atom stereocenters. The van der Waals surface area contributed by atoms with Crippen LogP contribution in [0.5, 0.6) is 0 Å². The highest BCUT2D eigenvalue weighted by Gasteiger charge is 2.36. The van der Waals surface area contributed by atoms with Crippen LogP contribution in [-0.2, 0) is 9.59 Å². The monoisotopic (exact) mass is 331 g/mol. The fourth-order valence-corrected chi connectivity index (χ4v) is 3.38. The molecular weight excluding hydrogens is 302 g/mol. The summed E-state index contributed by atoms with van der Waals surface area (Å²) in [6, 6.07) is -0.315. The number of nitrogens with one attached hydrogen (secondary N) is 2. The number of carbonyl (C=O) groups excluding carboxylic acids is 2. The van der Waals surface area contributed by atoms with Crippen LogP contribution in [0.2, 0.25) is 0 Å². The summed E-state index contributed by atoms with van der Waals surface area (Å²) in [7, 11) is 0. The maximum atomic E-state index is 12.6. The lowest BCUT2D eigenvalue weighted by molar-refractivity contribution is -0.139. The molecule has 5 nitrogen and oxygen atoms in total. The van der Waals surface area contributed by atoms with E-state index in [1.165, 1.54) is 0 Å². The lowest BCUT2D eigenvalue weighted by Gasteiger charge is -2.36. The first-order valence-corrected chi connectivity index (χ1v) is 8.21. The quantitative estimate of drug-likeness (QED) is 0.803. The number of piperidine rings is 1. The van der Waals surface area contributed by atoms with Gasteiger partial charge in [0.15, 0.2) is 0 Å². The summed E-state index contributed by atoms with van der Waals surface area (Å²) in [5, 5.41) is 6.46. The molecule has 0 spiro atoms. The number of hydrogen-bond donors (Lipinski definition) is 2. The lowest BCUT2D eigenvalue weighted by atomic mass is 9.81. The predicted octanol–water partition coefficient (Wildman–Crippen LogP) is 1.56. The van der Waals surface area contributed by atoms with E-state index in [9.17, 15) is 9.59 Å². The number of amides is 2. The zero-order valence-corrected chi connectivity index (χ0v) is 14.8. The van der Waals surface area contributed by atoms with Gasteiger partial charge in [-0.2, -0.15) is 0 Å². The Hall–Kier alpha value is -0.810. The highest BCUT2D eigenvalue weighted by Crippen LogP contribution is 2.27. The zero-order valence-electron chi connectivity index (χ0n) is 14.0. The highest BCUT2D eigenvalue weighted by molar-refractivity contribution is 5.88. The van der Waals surface area contributed by atoms with Crippen molar-refractivity contribution in [3.05, 3.63) is 0 Å². The summed E-state index contributed by atoms with van der Waals surface area (Å²) in [6.07, 6.45) is 3.63. The molecule has 2 rings (SSSR count). The summed E-state index contributed by atoms with van der Waals surface area (Å²) in [5.74, 6) is 0.282. The van der Waals surface area contributed by atoms with Gasteiger partial charge in [-0.3, -0.25) is 9.59 Å². The molecule has 0 saturated carbocycles. The Bertz CT molecular complexity index is 395. The number of nitrogens with zero attached hydrogens (tertiary/aromatic N) is 1. The van der Waals surface area contributed by atoms with Crippen molar-refractivity contribution in [3.63, 3.8) is 0 Å². The van der Waals surface area contributed by atoms with Crippen LogP contribution in [0.15, 0.2) is 0 Å². The summed E-state index contributed by atoms with van der Waals surface area (Å²) >= 11 is 0. The molecule has 2 fully saturated rings. The third-order valence-electron chi connectivity index (χ3n) is 4.85. The van der Waals surface area contributed by atoms with Gasteiger partial charge in [-0.15, -0.1) is 12.4 Å². The van der Waals surface area contributed by atoms with E-state index in [-0.39, 0.29) is 41.6 Å². The Labute approximate surface area is 140 Å². The second-order valence-corrected chi connectivity index (χ2v) is 7.16. The summed E-state index contributed by atoms with van der Waals surface area (Å²) in [5.41, 5.74) is 0.178. The molecule has 6 heteroatoms. The van der Waals surface area contributed by atoms with Crippen LogP contribution < -0.4 is 10.6 Å². The molecular formula is C16H30ClN3O2. The van der Waals surface area contributed by atoms with Crippen molar-refractivity contribution < 1.29 is 9.59 Å². The second kappa shape index (κ2) is 8.16. The smallest absolute Gasteiger partial charge is 0.243 e. The molecule has 2 aliphatic heterocycles. The molecule has 1 atom stereocenters. The topological polar surface area (TPSA) is 61.4 Å². The van der Waals surface area contributed by atoms with Gasteiger partial charge < -0.3 is 15.5 Å². The van der Waals surface area contributed by atoms with E-state index in [1.807, 2.05) is 13.8 Å².